The molecule has 3 heterocycles. The second-order valence-electron chi connectivity index (χ2n) is 5.91. The molecule has 0 spiro atoms. The predicted octanol–water partition coefficient (Wildman–Crippen LogP) is 1.01. The van der Waals surface area contributed by atoms with E-state index >= 15 is 0 Å². The van der Waals surface area contributed by atoms with Gasteiger partial charge in [0.05, 0.1) is 32.3 Å². The van der Waals surface area contributed by atoms with E-state index in [4.69, 9.17) is 9.47 Å². The normalized spacial score (nSPS) is 23.0. The van der Waals surface area contributed by atoms with E-state index in [0.29, 0.717) is 25.0 Å². The summed E-state index contributed by atoms with van der Waals surface area (Å²) in [6.07, 6.45) is 2.03. The van der Waals surface area contributed by atoms with E-state index in [0.717, 1.165) is 50.6 Å². The zero-order valence-electron chi connectivity index (χ0n) is 13.6. The van der Waals surface area contributed by atoms with Gasteiger partial charge in [-0.1, -0.05) is 11.3 Å². The number of hydrogen-bond donors (Lipinski definition) is 0. The molecule has 2 aliphatic rings. The van der Waals surface area contributed by atoms with E-state index in [1.54, 1.807) is 0 Å². The number of aromatic nitrogens is 2. The van der Waals surface area contributed by atoms with Gasteiger partial charge in [-0.25, -0.2) is 0 Å². The second-order valence-corrected chi connectivity index (χ2v) is 6.93. The van der Waals surface area contributed by atoms with Crippen LogP contribution in [0.1, 0.15) is 24.8 Å². The monoisotopic (exact) mass is 340 g/mol. The van der Waals surface area contributed by atoms with Crippen LogP contribution in [0.3, 0.4) is 0 Å². The molecule has 1 aromatic heterocycles. The molecule has 1 atom stereocenters. The molecule has 0 bridgehead atoms. The number of piperidine rings is 1. The van der Waals surface area contributed by atoms with Crippen LogP contribution in [0.4, 0.5) is 0 Å². The van der Waals surface area contributed by atoms with Gasteiger partial charge in [-0.05, 0) is 26.3 Å². The minimum atomic E-state index is 0.0983. The molecule has 23 heavy (non-hydrogen) atoms. The van der Waals surface area contributed by atoms with E-state index in [1.165, 1.54) is 11.3 Å². The molecule has 0 aromatic carbocycles. The van der Waals surface area contributed by atoms with Gasteiger partial charge in [0.2, 0.25) is 5.91 Å². The summed E-state index contributed by atoms with van der Waals surface area (Å²) >= 11 is 1.49. The molecule has 0 aliphatic carbocycles. The molecule has 1 amide bonds. The van der Waals surface area contributed by atoms with Crippen molar-refractivity contribution in [1.29, 1.82) is 0 Å². The van der Waals surface area contributed by atoms with Crippen molar-refractivity contribution in [2.75, 3.05) is 46.0 Å². The average molecular weight is 340 g/mol. The Morgan fingerprint density at radius 3 is 2.96 bits per heavy atom. The quantitative estimate of drug-likeness (QED) is 0.797. The fourth-order valence-electron chi connectivity index (χ4n) is 3.12. The van der Waals surface area contributed by atoms with Crippen LogP contribution in [0.2, 0.25) is 0 Å². The maximum Gasteiger partial charge on any atom is 0.294 e. The third-order valence-electron chi connectivity index (χ3n) is 4.25. The lowest BCUT2D eigenvalue weighted by molar-refractivity contribution is -0.141. The fourth-order valence-corrected chi connectivity index (χ4v) is 3.91. The van der Waals surface area contributed by atoms with Crippen molar-refractivity contribution in [1.82, 2.24) is 20.0 Å². The number of ether oxygens (including phenoxy) is 2. The highest BCUT2D eigenvalue weighted by molar-refractivity contribution is 7.13. The summed E-state index contributed by atoms with van der Waals surface area (Å²) in [7, 11) is 0. The van der Waals surface area contributed by atoms with Gasteiger partial charge in [0.1, 0.15) is 5.01 Å². The second kappa shape index (κ2) is 8.03. The number of rotatable bonds is 5. The number of carbonyl (C=O) groups excluding carboxylic acids is 1. The van der Waals surface area contributed by atoms with Crippen LogP contribution in [0, 0.1) is 5.92 Å². The molecular weight excluding hydrogens is 316 g/mol. The first-order valence-electron chi connectivity index (χ1n) is 8.30. The summed E-state index contributed by atoms with van der Waals surface area (Å²) in [4.78, 5) is 16.9. The molecule has 2 aliphatic heterocycles. The van der Waals surface area contributed by atoms with Gasteiger partial charge < -0.3 is 14.4 Å². The van der Waals surface area contributed by atoms with Crippen LogP contribution in [0.5, 0.6) is 5.19 Å². The lowest BCUT2D eigenvalue weighted by Gasteiger charge is -2.35. The van der Waals surface area contributed by atoms with Gasteiger partial charge in [0, 0.05) is 19.6 Å². The van der Waals surface area contributed by atoms with Gasteiger partial charge >= 0.3 is 0 Å². The molecule has 3 rings (SSSR count). The van der Waals surface area contributed by atoms with Crippen molar-refractivity contribution in [3.05, 3.63) is 5.01 Å². The highest BCUT2D eigenvalue weighted by Crippen LogP contribution is 2.24. The number of morpholine rings is 1. The molecular formula is C15H24N4O3S. The minimum absolute atomic E-state index is 0.0983. The number of hydrogen-bond acceptors (Lipinski definition) is 7. The Bertz CT molecular complexity index is 519. The van der Waals surface area contributed by atoms with Crippen LogP contribution < -0.4 is 4.74 Å². The average Bonchev–Trinajstić information content (AvgIpc) is 3.03. The largest absolute Gasteiger partial charge is 0.469 e. The first-order valence-corrected chi connectivity index (χ1v) is 9.12. The fraction of sp³-hybridized carbons (Fsp3) is 0.800. The van der Waals surface area contributed by atoms with Crippen molar-refractivity contribution < 1.29 is 14.3 Å². The van der Waals surface area contributed by atoms with Gasteiger partial charge in [0.15, 0.2) is 0 Å². The molecule has 0 saturated carbocycles. The number of likely N-dealkylation sites (tertiary alicyclic amines) is 1. The SMILES string of the molecule is CCOc1nnc(CN2CCCC(C(=O)N3CCOCC3)C2)s1. The first kappa shape index (κ1) is 16.6. The molecule has 8 heteroatoms. The van der Waals surface area contributed by atoms with Gasteiger partial charge in [-0.3, -0.25) is 9.69 Å². The van der Waals surface area contributed by atoms with Crippen molar-refractivity contribution in [2.24, 2.45) is 5.92 Å². The zero-order chi connectivity index (χ0) is 16.1. The topological polar surface area (TPSA) is 67.8 Å². The summed E-state index contributed by atoms with van der Waals surface area (Å²) in [5, 5.41) is 9.79. The maximum absolute atomic E-state index is 12.6. The molecule has 1 aromatic rings. The molecule has 7 nitrogen and oxygen atoms in total. The lowest BCUT2D eigenvalue weighted by atomic mass is 9.96. The van der Waals surface area contributed by atoms with Crippen molar-refractivity contribution in [3.8, 4) is 5.19 Å². The van der Waals surface area contributed by atoms with E-state index in [1.807, 2.05) is 11.8 Å². The number of amides is 1. The van der Waals surface area contributed by atoms with Crippen molar-refractivity contribution >= 4 is 17.2 Å². The van der Waals surface area contributed by atoms with E-state index < -0.39 is 0 Å². The Labute approximate surface area is 140 Å². The third kappa shape index (κ3) is 4.39. The van der Waals surface area contributed by atoms with Gasteiger partial charge in [0.25, 0.3) is 5.19 Å². The van der Waals surface area contributed by atoms with E-state index in [9.17, 15) is 4.79 Å². The molecule has 1 unspecified atom stereocenters. The number of carbonyl (C=O) groups is 1. The van der Waals surface area contributed by atoms with Gasteiger partial charge in [-0.2, -0.15) is 0 Å². The Morgan fingerprint density at radius 2 is 2.17 bits per heavy atom. The summed E-state index contributed by atoms with van der Waals surface area (Å²) in [5.74, 6) is 0.381. The standard InChI is InChI=1S/C15H24N4O3S/c1-2-22-15-17-16-13(23-15)11-18-5-3-4-12(10-18)14(20)19-6-8-21-9-7-19/h12H,2-11H2,1H3. The highest BCUT2D eigenvalue weighted by atomic mass is 32.1. The molecule has 0 radical (unpaired) electrons. The Balaban J connectivity index is 1.53. The molecule has 128 valence electrons. The summed E-state index contributed by atoms with van der Waals surface area (Å²) in [6.45, 7) is 7.88. The summed E-state index contributed by atoms with van der Waals surface area (Å²) in [6, 6.07) is 0. The Kier molecular flexibility index (Phi) is 5.80. The number of nitrogens with zero attached hydrogens (tertiary/aromatic N) is 4. The van der Waals surface area contributed by atoms with Crippen LogP contribution in [0.15, 0.2) is 0 Å². The van der Waals surface area contributed by atoms with Crippen LogP contribution in [0.25, 0.3) is 0 Å². The molecule has 0 N–H and O–H groups in total. The van der Waals surface area contributed by atoms with E-state index in [2.05, 4.69) is 15.1 Å². The summed E-state index contributed by atoms with van der Waals surface area (Å²) in [5.41, 5.74) is 0. The molecule has 2 saturated heterocycles. The summed E-state index contributed by atoms with van der Waals surface area (Å²) < 4.78 is 10.7. The Hall–Kier alpha value is -1.25. The van der Waals surface area contributed by atoms with Gasteiger partial charge in [-0.15, -0.1) is 10.2 Å². The lowest BCUT2D eigenvalue weighted by Crippen LogP contribution is -2.48. The van der Waals surface area contributed by atoms with Crippen LogP contribution >= 0.6 is 11.3 Å². The molecule has 2 fully saturated rings. The van der Waals surface area contributed by atoms with E-state index in [-0.39, 0.29) is 11.8 Å². The zero-order valence-corrected chi connectivity index (χ0v) is 14.4. The van der Waals surface area contributed by atoms with Crippen molar-refractivity contribution in [2.45, 2.75) is 26.3 Å². The maximum atomic E-state index is 12.6. The predicted molar refractivity (Wildman–Crippen MR) is 86.5 cm³/mol. The third-order valence-corrected chi connectivity index (χ3v) is 5.07. The van der Waals surface area contributed by atoms with Crippen LogP contribution in [-0.4, -0.2) is 71.9 Å². The van der Waals surface area contributed by atoms with Crippen LogP contribution in [-0.2, 0) is 16.1 Å². The first-order chi connectivity index (χ1) is 11.3. The smallest absolute Gasteiger partial charge is 0.294 e. The highest BCUT2D eigenvalue weighted by Gasteiger charge is 2.30. The Morgan fingerprint density at radius 1 is 1.35 bits per heavy atom. The minimum Gasteiger partial charge on any atom is -0.469 e. The van der Waals surface area contributed by atoms with Crippen molar-refractivity contribution in [3.63, 3.8) is 0 Å².